The molecule has 5 nitrogen and oxygen atoms in total. The molecular weight excluding hydrogens is 387 g/mol. The molecule has 4 rings (SSSR count). The fourth-order valence-electron chi connectivity index (χ4n) is 3.14. The molecule has 0 aliphatic heterocycles. The largest absolute Gasteiger partial charge is 0.355 e. The van der Waals surface area contributed by atoms with Crippen LogP contribution in [0.2, 0.25) is 0 Å². The van der Waals surface area contributed by atoms with Crippen LogP contribution in [0.4, 0.5) is 4.39 Å². The van der Waals surface area contributed by atoms with Crippen molar-refractivity contribution in [1.82, 2.24) is 20.1 Å². The van der Waals surface area contributed by atoms with Crippen LogP contribution in [0, 0.1) is 5.82 Å². The number of thioether (sulfide) groups is 1. The Morgan fingerprint density at radius 2 is 1.83 bits per heavy atom. The van der Waals surface area contributed by atoms with Crippen LogP contribution in [0.5, 0.6) is 0 Å². The lowest BCUT2D eigenvalue weighted by atomic mass is 10.1. The third kappa shape index (κ3) is 5.44. The van der Waals surface area contributed by atoms with E-state index in [-0.39, 0.29) is 11.7 Å². The van der Waals surface area contributed by atoms with Crippen molar-refractivity contribution in [1.29, 1.82) is 0 Å². The van der Waals surface area contributed by atoms with Gasteiger partial charge in [0.25, 0.3) is 0 Å². The normalized spacial score (nSPS) is 13.4. The van der Waals surface area contributed by atoms with Crippen molar-refractivity contribution in [2.75, 3.05) is 12.3 Å². The number of nitrogens with one attached hydrogen (secondary N) is 1. The maximum Gasteiger partial charge on any atom is 0.230 e. The topological polar surface area (TPSA) is 59.8 Å². The molecule has 1 aromatic heterocycles. The summed E-state index contributed by atoms with van der Waals surface area (Å²) >= 11 is 1.42. The summed E-state index contributed by atoms with van der Waals surface area (Å²) in [5.74, 6) is 1.51. The Balaban J connectivity index is 1.31. The zero-order valence-corrected chi connectivity index (χ0v) is 16.9. The molecule has 150 valence electrons. The Morgan fingerprint density at radius 1 is 1.07 bits per heavy atom. The molecule has 0 bridgehead atoms. The van der Waals surface area contributed by atoms with E-state index < -0.39 is 0 Å². The molecule has 3 aromatic rings. The smallest absolute Gasteiger partial charge is 0.230 e. The first-order valence-corrected chi connectivity index (χ1v) is 10.8. The second-order valence-electron chi connectivity index (χ2n) is 7.20. The summed E-state index contributed by atoms with van der Waals surface area (Å²) in [5.41, 5.74) is 2.19. The van der Waals surface area contributed by atoms with Crippen molar-refractivity contribution >= 4 is 17.7 Å². The number of rotatable bonds is 9. The van der Waals surface area contributed by atoms with Gasteiger partial charge in [-0.2, -0.15) is 0 Å². The van der Waals surface area contributed by atoms with E-state index in [4.69, 9.17) is 0 Å². The number of carbonyl (C=O) groups is 1. The molecule has 2 aromatic carbocycles. The summed E-state index contributed by atoms with van der Waals surface area (Å²) in [6.07, 6.45) is 2.98. The quantitative estimate of drug-likeness (QED) is 0.545. The van der Waals surface area contributed by atoms with Crippen molar-refractivity contribution in [3.05, 3.63) is 77.4 Å². The Labute approximate surface area is 173 Å². The average molecular weight is 411 g/mol. The number of aromatic nitrogens is 3. The van der Waals surface area contributed by atoms with E-state index in [9.17, 15) is 9.18 Å². The van der Waals surface area contributed by atoms with Gasteiger partial charge in [0, 0.05) is 12.5 Å². The molecule has 0 radical (unpaired) electrons. The van der Waals surface area contributed by atoms with Crippen LogP contribution in [0.3, 0.4) is 0 Å². The molecule has 0 saturated heterocycles. The monoisotopic (exact) mass is 410 g/mol. The molecule has 29 heavy (non-hydrogen) atoms. The standard InChI is InChI=1S/C22H23FN4OS/c23-19-10-6-16(7-11-19)12-13-24-20(28)15-29-22-26-25-21(18-8-9-18)27(22)14-17-4-2-1-3-5-17/h1-7,10-11,18H,8-9,12-15H2,(H,24,28). The van der Waals surface area contributed by atoms with Crippen LogP contribution in [0.25, 0.3) is 0 Å². The van der Waals surface area contributed by atoms with Gasteiger partial charge in [-0.1, -0.05) is 54.2 Å². The summed E-state index contributed by atoms with van der Waals surface area (Å²) in [5, 5.41) is 12.4. The first kappa shape index (κ1) is 19.6. The molecule has 0 spiro atoms. The molecule has 1 aliphatic carbocycles. The molecule has 1 N–H and O–H groups in total. The van der Waals surface area contributed by atoms with E-state index in [1.165, 1.54) is 29.5 Å². The summed E-state index contributed by atoms with van der Waals surface area (Å²) in [6, 6.07) is 16.6. The van der Waals surface area contributed by atoms with Crippen molar-refractivity contribution in [2.24, 2.45) is 0 Å². The average Bonchev–Trinajstić information content (AvgIpc) is 3.50. The van der Waals surface area contributed by atoms with Crippen molar-refractivity contribution in [3.8, 4) is 0 Å². The molecule has 1 heterocycles. The lowest BCUT2D eigenvalue weighted by molar-refractivity contribution is -0.118. The van der Waals surface area contributed by atoms with E-state index in [1.54, 1.807) is 12.1 Å². The number of hydrogen-bond acceptors (Lipinski definition) is 4. The first-order chi connectivity index (χ1) is 14.2. The number of benzene rings is 2. The Bertz CT molecular complexity index is 955. The maximum atomic E-state index is 12.9. The van der Waals surface area contributed by atoms with Crippen molar-refractivity contribution in [2.45, 2.75) is 36.9 Å². The SMILES string of the molecule is O=C(CSc1nnc(C2CC2)n1Cc1ccccc1)NCCc1ccc(F)cc1. The van der Waals surface area contributed by atoms with Gasteiger partial charge in [-0.05, 0) is 42.5 Å². The first-order valence-electron chi connectivity index (χ1n) is 9.80. The predicted molar refractivity (Wildman–Crippen MR) is 111 cm³/mol. The van der Waals surface area contributed by atoms with Gasteiger partial charge in [0.1, 0.15) is 11.6 Å². The maximum absolute atomic E-state index is 12.9. The van der Waals surface area contributed by atoms with Crippen LogP contribution in [-0.4, -0.2) is 33.0 Å². The third-order valence-electron chi connectivity index (χ3n) is 4.85. The number of hydrogen-bond donors (Lipinski definition) is 1. The van der Waals surface area contributed by atoms with Crippen LogP contribution in [0.15, 0.2) is 59.8 Å². The summed E-state index contributed by atoms with van der Waals surface area (Å²) in [6.45, 7) is 1.24. The summed E-state index contributed by atoms with van der Waals surface area (Å²) < 4.78 is 15.1. The molecule has 1 saturated carbocycles. The van der Waals surface area contributed by atoms with Gasteiger partial charge in [0.15, 0.2) is 5.16 Å². The number of carbonyl (C=O) groups excluding carboxylic acids is 1. The van der Waals surface area contributed by atoms with E-state index in [1.807, 2.05) is 18.2 Å². The number of nitrogens with zero attached hydrogens (tertiary/aromatic N) is 3. The third-order valence-corrected chi connectivity index (χ3v) is 5.82. The van der Waals surface area contributed by atoms with E-state index in [0.717, 1.165) is 29.4 Å². The fourth-order valence-corrected chi connectivity index (χ4v) is 3.92. The Hall–Kier alpha value is -2.67. The molecule has 0 atom stereocenters. The second kappa shape index (κ2) is 9.22. The highest BCUT2D eigenvalue weighted by Gasteiger charge is 2.30. The highest BCUT2D eigenvalue weighted by Crippen LogP contribution is 2.40. The predicted octanol–water partition coefficient (Wildman–Crippen LogP) is 3.79. The zero-order chi connectivity index (χ0) is 20.1. The molecule has 1 fully saturated rings. The minimum atomic E-state index is -0.251. The lowest BCUT2D eigenvalue weighted by Gasteiger charge is -2.10. The summed E-state index contributed by atoms with van der Waals surface area (Å²) in [7, 11) is 0. The van der Waals surface area contributed by atoms with E-state index >= 15 is 0 Å². The van der Waals surface area contributed by atoms with Crippen molar-refractivity contribution < 1.29 is 9.18 Å². The van der Waals surface area contributed by atoms with Gasteiger partial charge in [0.2, 0.25) is 5.91 Å². The molecule has 1 amide bonds. The molecule has 7 heteroatoms. The van der Waals surface area contributed by atoms with Crippen LogP contribution in [-0.2, 0) is 17.8 Å². The molecule has 0 unspecified atom stereocenters. The Kier molecular flexibility index (Phi) is 6.24. The van der Waals surface area contributed by atoms with Crippen LogP contribution in [0.1, 0.15) is 35.7 Å². The van der Waals surface area contributed by atoms with Gasteiger partial charge in [0.05, 0.1) is 12.3 Å². The summed E-state index contributed by atoms with van der Waals surface area (Å²) in [4.78, 5) is 12.2. The van der Waals surface area contributed by atoms with E-state index in [2.05, 4.69) is 32.2 Å². The minimum absolute atomic E-state index is 0.0423. The highest BCUT2D eigenvalue weighted by atomic mass is 32.2. The lowest BCUT2D eigenvalue weighted by Crippen LogP contribution is -2.27. The van der Waals surface area contributed by atoms with Gasteiger partial charge >= 0.3 is 0 Å². The minimum Gasteiger partial charge on any atom is -0.355 e. The van der Waals surface area contributed by atoms with Crippen LogP contribution >= 0.6 is 11.8 Å². The van der Waals surface area contributed by atoms with Gasteiger partial charge < -0.3 is 9.88 Å². The molecule has 1 aliphatic rings. The Morgan fingerprint density at radius 3 is 2.55 bits per heavy atom. The second-order valence-corrected chi connectivity index (χ2v) is 8.14. The van der Waals surface area contributed by atoms with Gasteiger partial charge in [-0.3, -0.25) is 4.79 Å². The van der Waals surface area contributed by atoms with Crippen molar-refractivity contribution in [3.63, 3.8) is 0 Å². The van der Waals surface area contributed by atoms with Crippen LogP contribution < -0.4 is 5.32 Å². The molecular formula is C22H23FN4OS. The number of amides is 1. The van der Waals surface area contributed by atoms with E-state index in [0.29, 0.717) is 31.2 Å². The fraction of sp³-hybridized carbons (Fsp3) is 0.318. The highest BCUT2D eigenvalue weighted by molar-refractivity contribution is 7.99. The van der Waals surface area contributed by atoms with Gasteiger partial charge in [-0.15, -0.1) is 10.2 Å². The number of halogens is 1. The zero-order valence-electron chi connectivity index (χ0n) is 16.1. The van der Waals surface area contributed by atoms with Gasteiger partial charge in [-0.25, -0.2) is 4.39 Å².